The summed E-state index contributed by atoms with van der Waals surface area (Å²) in [6, 6.07) is 8.12. The van der Waals surface area contributed by atoms with E-state index in [4.69, 9.17) is 0 Å². The summed E-state index contributed by atoms with van der Waals surface area (Å²) < 4.78 is 26.5. The van der Waals surface area contributed by atoms with Crippen LogP contribution in [-0.2, 0) is 27.9 Å². The summed E-state index contributed by atoms with van der Waals surface area (Å²) in [6.07, 6.45) is 7.81. The number of imidazole rings is 1. The Morgan fingerprint density at radius 3 is 2.42 bits per heavy atom. The molecule has 2 aromatic rings. The summed E-state index contributed by atoms with van der Waals surface area (Å²) in [5.41, 5.74) is 2.22. The van der Waals surface area contributed by atoms with Crippen LogP contribution in [0.1, 0.15) is 24.0 Å². The standard InChI is InChI=1S/C18H24N4O3S/c1-26(24,25)22-9-6-17(7-10-22)18(23)20-12-15-2-4-16(5-3-15)13-21-11-8-19-14-21/h2-5,8,11,14,17H,6-7,9-10,12-13H2,1H3,(H,20,23). The molecular weight excluding hydrogens is 352 g/mol. The van der Waals surface area contributed by atoms with E-state index in [1.165, 1.54) is 16.1 Å². The molecular formula is C18H24N4O3S. The Morgan fingerprint density at radius 2 is 1.85 bits per heavy atom. The third-order valence-corrected chi connectivity index (χ3v) is 6.01. The van der Waals surface area contributed by atoms with Gasteiger partial charge in [0, 0.05) is 44.5 Å². The SMILES string of the molecule is CS(=O)(=O)N1CCC(C(=O)NCc2ccc(Cn3ccnc3)cc2)CC1. The molecule has 0 saturated carbocycles. The van der Waals surface area contributed by atoms with E-state index in [0.29, 0.717) is 32.5 Å². The second-order valence-electron chi connectivity index (χ2n) is 6.71. The molecule has 140 valence electrons. The number of piperidine rings is 1. The maximum absolute atomic E-state index is 12.3. The Kier molecular flexibility index (Phi) is 5.73. The molecule has 1 aliphatic rings. The Bertz CT molecular complexity index is 824. The van der Waals surface area contributed by atoms with Crippen LogP contribution < -0.4 is 5.32 Å². The Balaban J connectivity index is 1.46. The molecule has 0 radical (unpaired) electrons. The molecule has 1 N–H and O–H groups in total. The van der Waals surface area contributed by atoms with Gasteiger partial charge in [0.15, 0.2) is 0 Å². The second kappa shape index (κ2) is 8.01. The van der Waals surface area contributed by atoms with E-state index in [1.54, 1.807) is 12.5 Å². The number of benzene rings is 1. The lowest BCUT2D eigenvalue weighted by Gasteiger charge is -2.29. The lowest BCUT2D eigenvalue weighted by molar-refractivity contribution is -0.126. The van der Waals surface area contributed by atoms with E-state index in [2.05, 4.69) is 10.3 Å². The molecule has 3 rings (SSSR count). The number of carbonyl (C=O) groups is 1. The molecule has 1 fully saturated rings. The van der Waals surface area contributed by atoms with Crippen LogP contribution in [0.25, 0.3) is 0 Å². The van der Waals surface area contributed by atoms with Crippen molar-refractivity contribution in [1.29, 1.82) is 0 Å². The van der Waals surface area contributed by atoms with Gasteiger partial charge in [-0.3, -0.25) is 4.79 Å². The van der Waals surface area contributed by atoms with Gasteiger partial charge in [0.1, 0.15) is 0 Å². The van der Waals surface area contributed by atoms with E-state index in [1.807, 2.05) is 35.0 Å². The first-order valence-corrected chi connectivity index (χ1v) is 10.5. The van der Waals surface area contributed by atoms with Crippen LogP contribution in [0.4, 0.5) is 0 Å². The molecule has 0 aliphatic carbocycles. The fourth-order valence-electron chi connectivity index (χ4n) is 3.14. The van der Waals surface area contributed by atoms with Crippen molar-refractivity contribution in [2.24, 2.45) is 5.92 Å². The van der Waals surface area contributed by atoms with E-state index in [-0.39, 0.29) is 11.8 Å². The van der Waals surface area contributed by atoms with Crippen LogP contribution in [0.3, 0.4) is 0 Å². The topological polar surface area (TPSA) is 84.3 Å². The zero-order valence-electron chi connectivity index (χ0n) is 14.8. The highest BCUT2D eigenvalue weighted by Crippen LogP contribution is 2.19. The van der Waals surface area contributed by atoms with Crippen molar-refractivity contribution in [2.45, 2.75) is 25.9 Å². The summed E-state index contributed by atoms with van der Waals surface area (Å²) >= 11 is 0. The number of hydrogen-bond donors (Lipinski definition) is 1. The molecule has 0 unspecified atom stereocenters. The zero-order chi connectivity index (χ0) is 18.6. The Labute approximate surface area is 154 Å². The molecule has 0 bridgehead atoms. The fourth-order valence-corrected chi connectivity index (χ4v) is 4.01. The van der Waals surface area contributed by atoms with Crippen LogP contribution in [-0.4, -0.2) is 47.5 Å². The molecule has 26 heavy (non-hydrogen) atoms. The molecule has 1 aliphatic heterocycles. The van der Waals surface area contributed by atoms with Gasteiger partial charge in [0.2, 0.25) is 15.9 Å². The highest BCUT2D eigenvalue weighted by atomic mass is 32.2. The van der Waals surface area contributed by atoms with Crippen molar-refractivity contribution in [3.8, 4) is 0 Å². The van der Waals surface area contributed by atoms with Gasteiger partial charge >= 0.3 is 0 Å². The normalized spacial score (nSPS) is 16.5. The van der Waals surface area contributed by atoms with Crippen molar-refractivity contribution in [1.82, 2.24) is 19.2 Å². The number of sulfonamides is 1. The van der Waals surface area contributed by atoms with Crippen molar-refractivity contribution in [2.75, 3.05) is 19.3 Å². The summed E-state index contributed by atoms with van der Waals surface area (Å²) in [7, 11) is -3.16. The average molecular weight is 376 g/mol. The van der Waals surface area contributed by atoms with Crippen LogP contribution >= 0.6 is 0 Å². The third-order valence-electron chi connectivity index (χ3n) is 4.71. The first kappa shape index (κ1) is 18.6. The minimum atomic E-state index is -3.16. The molecule has 1 aromatic carbocycles. The van der Waals surface area contributed by atoms with Gasteiger partial charge in [-0.15, -0.1) is 0 Å². The molecule has 2 heterocycles. The van der Waals surface area contributed by atoms with Gasteiger partial charge in [-0.25, -0.2) is 17.7 Å². The molecule has 1 saturated heterocycles. The van der Waals surface area contributed by atoms with Gasteiger partial charge < -0.3 is 9.88 Å². The van der Waals surface area contributed by atoms with Crippen LogP contribution in [0, 0.1) is 5.92 Å². The largest absolute Gasteiger partial charge is 0.352 e. The van der Waals surface area contributed by atoms with Crippen molar-refractivity contribution < 1.29 is 13.2 Å². The maximum atomic E-state index is 12.3. The van der Waals surface area contributed by atoms with Gasteiger partial charge in [-0.1, -0.05) is 24.3 Å². The second-order valence-corrected chi connectivity index (χ2v) is 8.69. The predicted molar refractivity (Wildman–Crippen MR) is 98.8 cm³/mol. The molecule has 7 nitrogen and oxygen atoms in total. The minimum Gasteiger partial charge on any atom is -0.352 e. The van der Waals surface area contributed by atoms with Gasteiger partial charge in [-0.05, 0) is 24.0 Å². The number of nitrogens with one attached hydrogen (secondary N) is 1. The van der Waals surface area contributed by atoms with Crippen molar-refractivity contribution in [3.63, 3.8) is 0 Å². The number of carbonyl (C=O) groups excluding carboxylic acids is 1. The van der Waals surface area contributed by atoms with E-state index < -0.39 is 10.0 Å². The van der Waals surface area contributed by atoms with Crippen LogP contribution in [0.15, 0.2) is 43.0 Å². The maximum Gasteiger partial charge on any atom is 0.223 e. The van der Waals surface area contributed by atoms with Crippen LogP contribution in [0.5, 0.6) is 0 Å². The molecule has 8 heteroatoms. The summed E-state index contributed by atoms with van der Waals surface area (Å²) in [6.45, 7) is 2.09. The first-order valence-electron chi connectivity index (χ1n) is 8.68. The Hall–Kier alpha value is -2.19. The third kappa shape index (κ3) is 4.92. The lowest BCUT2D eigenvalue weighted by Crippen LogP contribution is -2.42. The molecule has 1 amide bonds. The van der Waals surface area contributed by atoms with Gasteiger partial charge in [-0.2, -0.15) is 0 Å². The lowest BCUT2D eigenvalue weighted by atomic mass is 9.97. The summed E-state index contributed by atoms with van der Waals surface area (Å²) in [4.78, 5) is 16.3. The van der Waals surface area contributed by atoms with E-state index in [9.17, 15) is 13.2 Å². The van der Waals surface area contributed by atoms with Gasteiger partial charge in [0.25, 0.3) is 0 Å². The van der Waals surface area contributed by atoms with Crippen molar-refractivity contribution in [3.05, 3.63) is 54.1 Å². The average Bonchev–Trinajstić information content (AvgIpc) is 3.13. The molecule has 0 spiro atoms. The molecule has 0 atom stereocenters. The van der Waals surface area contributed by atoms with Crippen molar-refractivity contribution >= 4 is 15.9 Å². The van der Waals surface area contributed by atoms with E-state index >= 15 is 0 Å². The first-order chi connectivity index (χ1) is 12.4. The summed E-state index contributed by atoms with van der Waals surface area (Å²) in [5, 5.41) is 2.97. The number of hydrogen-bond acceptors (Lipinski definition) is 4. The molecule has 1 aromatic heterocycles. The van der Waals surface area contributed by atoms with E-state index in [0.717, 1.165) is 12.1 Å². The van der Waals surface area contributed by atoms with Crippen LogP contribution in [0.2, 0.25) is 0 Å². The monoisotopic (exact) mass is 376 g/mol. The Morgan fingerprint density at radius 1 is 1.19 bits per heavy atom. The number of aromatic nitrogens is 2. The highest BCUT2D eigenvalue weighted by Gasteiger charge is 2.28. The number of nitrogens with zero attached hydrogens (tertiary/aromatic N) is 3. The number of rotatable bonds is 6. The smallest absolute Gasteiger partial charge is 0.223 e. The summed E-state index contributed by atoms with van der Waals surface area (Å²) in [5.74, 6) is -0.117. The van der Waals surface area contributed by atoms with Gasteiger partial charge in [0.05, 0.1) is 12.6 Å². The number of amides is 1. The quantitative estimate of drug-likeness (QED) is 0.822. The highest BCUT2D eigenvalue weighted by molar-refractivity contribution is 7.88. The predicted octanol–water partition coefficient (Wildman–Crippen LogP) is 1.22. The fraction of sp³-hybridized carbons (Fsp3) is 0.444. The minimum absolute atomic E-state index is 0.000595. The zero-order valence-corrected chi connectivity index (χ0v) is 15.7.